The Balaban J connectivity index is 0.000000821. The third-order valence-electron chi connectivity index (χ3n) is 5.85. The van der Waals surface area contributed by atoms with Crippen LogP contribution in [0, 0.1) is 20.4 Å². The number of carboxylic acid groups (broad SMARTS) is 1. The fourth-order valence-electron chi connectivity index (χ4n) is 4.50. The molecule has 0 amide bonds. The Bertz CT molecular complexity index is 1350. The van der Waals surface area contributed by atoms with Crippen LogP contribution >= 0.6 is 0 Å². The molecule has 0 saturated carbocycles. The summed E-state index contributed by atoms with van der Waals surface area (Å²) in [4.78, 5) is 26.1. The fourth-order valence-corrected chi connectivity index (χ4v) is 4.50. The molecule has 4 heterocycles. The second kappa shape index (κ2) is 9.38. The number of hydrogen-bond acceptors (Lipinski definition) is 6. The highest BCUT2D eigenvalue weighted by Crippen LogP contribution is 2.35. The minimum Gasteiger partial charge on any atom is -0.483 e. The van der Waals surface area contributed by atoms with Crippen LogP contribution in [0.4, 0.5) is 5.69 Å². The van der Waals surface area contributed by atoms with E-state index in [0.29, 0.717) is 18.0 Å². The van der Waals surface area contributed by atoms with Gasteiger partial charge in [-0.05, 0) is 38.8 Å². The minimum atomic E-state index is -0.250. The van der Waals surface area contributed by atoms with Gasteiger partial charge in [0.25, 0.3) is 6.47 Å². The second-order valence-corrected chi connectivity index (χ2v) is 8.08. The van der Waals surface area contributed by atoms with Crippen LogP contribution in [0.2, 0.25) is 0 Å². The number of aryl methyl sites for hydroxylation is 2. The first-order chi connectivity index (χ1) is 15.9. The minimum absolute atomic E-state index is 0.192. The monoisotopic (exact) mass is 447 g/mol. The summed E-state index contributed by atoms with van der Waals surface area (Å²) in [6.45, 7) is 13.8. The number of ether oxygens (including phenoxy) is 1. The molecule has 1 aromatic carbocycles. The quantitative estimate of drug-likeness (QED) is 0.356. The van der Waals surface area contributed by atoms with Crippen LogP contribution in [-0.2, 0) is 16.0 Å². The number of rotatable bonds is 3. The van der Waals surface area contributed by atoms with Gasteiger partial charge in [-0.3, -0.25) is 9.78 Å². The van der Waals surface area contributed by atoms with E-state index in [2.05, 4.69) is 26.3 Å². The van der Waals surface area contributed by atoms with E-state index in [1.165, 1.54) is 0 Å². The van der Waals surface area contributed by atoms with Gasteiger partial charge in [-0.1, -0.05) is 6.07 Å². The van der Waals surface area contributed by atoms with Crippen molar-refractivity contribution in [2.75, 3.05) is 6.61 Å². The van der Waals surface area contributed by atoms with Crippen molar-refractivity contribution in [1.29, 1.82) is 0 Å². The van der Waals surface area contributed by atoms with Gasteiger partial charge in [0, 0.05) is 25.0 Å². The Kier molecular flexibility index (Phi) is 6.38. The average Bonchev–Trinajstić information content (AvgIpc) is 3.32. The van der Waals surface area contributed by atoms with E-state index in [4.69, 9.17) is 30.6 Å². The molecule has 0 spiro atoms. The molecule has 2 atom stereocenters. The van der Waals surface area contributed by atoms with Crippen LogP contribution in [0.25, 0.3) is 26.8 Å². The second-order valence-electron chi connectivity index (χ2n) is 8.08. The summed E-state index contributed by atoms with van der Waals surface area (Å²) in [5, 5.41) is 7.85. The maximum absolute atomic E-state index is 8.36. The van der Waals surface area contributed by atoms with E-state index in [1.54, 1.807) is 0 Å². The highest BCUT2D eigenvalue weighted by molar-refractivity contribution is 6.03. The van der Waals surface area contributed by atoms with E-state index in [0.717, 1.165) is 58.7 Å². The van der Waals surface area contributed by atoms with Crippen LogP contribution in [0.15, 0.2) is 28.8 Å². The molecule has 4 aromatic rings. The van der Waals surface area contributed by atoms with Crippen molar-refractivity contribution in [1.82, 2.24) is 19.5 Å². The zero-order valence-corrected chi connectivity index (χ0v) is 18.8. The standard InChI is InChI=1S/C23H23N5O2.CH2O2/c1-13-9-17(7-8-29-13)28-22(11-20-14(2)30-15(3)26-20)27-21-12-25-19-6-5-16(24-4)10-18(19)23(21)28;2-1-3/h5-6,10,12-13,17H,7-9,11H2,1-3H3;1H,(H,2,3)/t13-,17-;/m1./s1. The Morgan fingerprint density at radius 2 is 2.09 bits per heavy atom. The number of pyridine rings is 1. The van der Waals surface area contributed by atoms with E-state index in [-0.39, 0.29) is 18.6 Å². The lowest BCUT2D eigenvalue weighted by atomic mass is 10.0. The van der Waals surface area contributed by atoms with Crippen LogP contribution in [0.3, 0.4) is 0 Å². The molecule has 1 N–H and O–H groups in total. The lowest BCUT2D eigenvalue weighted by Gasteiger charge is -2.30. The van der Waals surface area contributed by atoms with E-state index >= 15 is 0 Å². The Morgan fingerprint density at radius 1 is 1.30 bits per heavy atom. The maximum Gasteiger partial charge on any atom is 0.290 e. The molecule has 0 radical (unpaired) electrons. The topological polar surface area (TPSA) is 108 Å². The molecule has 5 rings (SSSR count). The number of imidazole rings is 1. The van der Waals surface area contributed by atoms with Crippen LogP contribution < -0.4 is 0 Å². The molecule has 0 bridgehead atoms. The summed E-state index contributed by atoms with van der Waals surface area (Å²) in [7, 11) is 0. The van der Waals surface area contributed by atoms with Crippen LogP contribution in [0.5, 0.6) is 0 Å². The number of benzene rings is 1. The van der Waals surface area contributed by atoms with Crippen molar-refractivity contribution < 1.29 is 19.1 Å². The Hall–Kier alpha value is -3.77. The smallest absolute Gasteiger partial charge is 0.290 e. The third kappa shape index (κ3) is 4.43. The summed E-state index contributed by atoms with van der Waals surface area (Å²) in [6.07, 6.45) is 4.46. The first-order valence-corrected chi connectivity index (χ1v) is 10.7. The largest absolute Gasteiger partial charge is 0.483 e. The van der Waals surface area contributed by atoms with Crippen molar-refractivity contribution >= 4 is 34.1 Å². The van der Waals surface area contributed by atoms with Gasteiger partial charge in [-0.2, -0.15) is 0 Å². The highest BCUT2D eigenvalue weighted by atomic mass is 16.5. The maximum atomic E-state index is 8.36. The summed E-state index contributed by atoms with van der Waals surface area (Å²) in [5.74, 6) is 2.44. The first-order valence-electron chi connectivity index (χ1n) is 10.7. The highest BCUT2D eigenvalue weighted by Gasteiger charge is 2.27. The van der Waals surface area contributed by atoms with Gasteiger partial charge in [0.05, 0.1) is 42.0 Å². The summed E-state index contributed by atoms with van der Waals surface area (Å²) >= 11 is 0. The number of fused-ring (bicyclic) bond motifs is 3. The van der Waals surface area contributed by atoms with Crippen molar-refractivity contribution in [3.05, 3.63) is 59.0 Å². The van der Waals surface area contributed by atoms with Gasteiger partial charge in [0.1, 0.15) is 17.1 Å². The summed E-state index contributed by atoms with van der Waals surface area (Å²) in [6, 6.07) is 5.92. The molecular weight excluding hydrogens is 422 g/mol. The molecule has 0 aliphatic carbocycles. The molecule has 9 heteroatoms. The SMILES string of the molecule is O=CO.[C-]#[N+]c1ccc2ncc3nc(Cc4nc(C)oc4C)n([C@@H]4CCO[C@H](C)C4)c3c2c1. The molecule has 1 aliphatic rings. The first kappa shape index (κ1) is 22.4. The molecule has 1 aliphatic heterocycles. The average molecular weight is 447 g/mol. The summed E-state index contributed by atoms with van der Waals surface area (Å²) in [5.41, 5.74) is 4.27. The molecule has 9 nitrogen and oxygen atoms in total. The molecule has 33 heavy (non-hydrogen) atoms. The van der Waals surface area contributed by atoms with Gasteiger partial charge in [0.15, 0.2) is 11.6 Å². The Morgan fingerprint density at radius 3 is 2.76 bits per heavy atom. The molecule has 170 valence electrons. The number of oxazole rings is 1. The number of nitrogens with zero attached hydrogens (tertiary/aromatic N) is 5. The third-order valence-corrected chi connectivity index (χ3v) is 5.85. The van der Waals surface area contributed by atoms with E-state index in [1.807, 2.05) is 38.2 Å². The van der Waals surface area contributed by atoms with Crippen molar-refractivity contribution in [2.45, 2.75) is 52.2 Å². The zero-order chi connectivity index (χ0) is 23.5. The van der Waals surface area contributed by atoms with Gasteiger partial charge in [0.2, 0.25) is 0 Å². The van der Waals surface area contributed by atoms with Gasteiger partial charge < -0.3 is 18.8 Å². The number of hydrogen-bond donors (Lipinski definition) is 1. The van der Waals surface area contributed by atoms with Crippen molar-refractivity contribution in [3.8, 4) is 0 Å². The van der Waals surface area contributed by atoms with Crippen LogP contribution in [0.1, 0.15) is 49.0 Å². The number of aromatic nitrogens is 4. The normalized spacial score (nSPS) is 18.0. The predicted molar refractivity (Wildman–Crippen MR) is 122 cm³/mol. The number of carbonyl (C=O) groups is 1. The van der Waals surface area contributed by atoms with E-state index in [9.17, 15) is 0 Å². The van der Waals surface area contributed by atoms with Gasteiger partial charge >= 0.3 is 0 Å². The van der Waals surface area contributed by atoms with E-state index < -0.39 is 0 Å². The van der Waals surface area contributed by atoms with Crippen molar-refractivity contribution in [2.24, 2.45) is 0 Å². The summed E-state index contributed by atoms with van der Waals surface area (Å²) < 4.78 is 13.8. The molecule has 0 unspecified atom stereocenters. The Labute approximate surface area is 190 Å². The molecular formula is C24H25N5O4. The molecule has 3 aromatic heterocycles. The predicted octanol–water partition coefficient (Wildman–Crippen LogP) is 4.77. The lowest BCUT2D eigenvalue weighted by Crippen LogP contribution is -2.26. The van der Waals surface area contributed by atoms with Gasteiger partial charge in [-0.15, -0.1) is 0 Å². The molecule has 1 saturated heterocycles. The fraction of sp³-hybridized carbons (Fsp3) is 0.375. The van der Waals surface area contributed by atoms with Gasteiger partial charge in [-0.25, -0.2) is 14.8 Å². The van der Waals surface area contributed by atoms with Crippen molar-refractivity contribution in [3.63, 3.8) is 0 Å². The lowest BCUT2D eigenvalue weighted by molar-refractivity contribution is -0.122. The van der Waals surface area contributed by atoms with Crippen LogP contribution in [-0.4, -0.2) is 43.8 Å². The molecule has 1 fully saturated rings. The zero-order valence-electron chi connectivity index (χ0n) is 18.8.